The molecule has 2 heterocycles. The predicted molar refractivity (Wildman–Crippen MR) is 102 cm³/mol. The summed E-state index contributed by atoms with van der Waals surface area (Å²) in [5.74, 6) is 1.83. The Morgan fingerprint density at radius 2 is 1.96 bits per heavy atom. The van der Waals surface area contributed by atoms with Gasteiger partial charge in [-0.05, 0) is 37.0 Å². The molecular weight excluding hydrogens is 368 g/mol. The number of nitrogens with one attached hydrogen (secondary N) is 1. The lowest BCUT2D eigenvalue weighted by Crippen LogP contribution is -2.25. The molecule has 0 saturated heterocycles. The van der Waals surface area contributed by atoms with Crippen LogP contribution in [0.5, 0.6) is 0 Å². The monoisotopic (exact) mass is 388 g/mol. The second kappa shape index (κ2) is 7.34. The molecule has 5 nitrogen and oxygen atoms in total. The van der Waals surface area contributed by atoms with Crippen molar-refractivity contribution in [2.75, 3.05) is 6.54 Å². The minimum absolute atomic E-state index is 0.294. The Bertz CT molecular complexity index is 973. The first-order chi connectivity index (χ1) is 12.6. The van der Waals surface area contributed by atoms with E-state index in [1.165, 1.54) is 17.8 Å². The molecule has 1 N–H and O–H groups in total. The average molecular weight is 389 g/mol. The summed E-state index contributed by atoms with van der Waals surface area (Å²) in [6.45, 7) is 0.369. The zero-order valence-corrected chi connectivity index (χ0v) is 15.9. The Hall–Kier alpha value is -1.96. The number of nitrogens with zero attached hydrogens (tertiary/aromatic N) is 1. The van der Waals surface area contributed by atoms with Crippen molar-refractivity contribution >= 4 is 21.4 Å². The molecule has 1 aromatic carbocycles. The molecule has 0 atom stereocenters. The number of oxazole rings is 1. The van der Waals surface area contributed by atoms with Crippen molar-refractivity contribution in [3.05, 3.63) is 60.1 Å². The Labute approximate surface area is 157 Å². The van der Waals surface area contributed by atoms with Crippen molar-refractivity contribution in [1.29, 1.82) is 0 Å². The third kappa shape index (κ3) is 3.75. The quantitative estimate of drug-likeness (QED) is 0.659. The van der Waals surface area contributed by atoms with Gasteiger partial charge in [-0.2, -0.15) is 0 Å². The van der Waals surface area contributed by atoms with Crippen molar-refractivity contribution in [3.8, 4) is 10.6 Å². The molecule has 0 spiro atoms. The van der Waals surface area contributed by atoms with Gasteiger partial charge in [0.1, 0.15) is 4.21 Å². The van der Waals surface area contributed by atoms with Crippen LogP contribution in [0.15, 0.2) is 57.3 Å². The topological polar surface area (TPSA) is 72.2 Å². The molecule has 0 radical (unpaired) electrons. The Morgan fingerprint density at radius 3 is 2.69 bits per heavy atom. The maximum atomic E-state index is 12.5. The van der Waals surface area contributed by atoms with Crippen LogP contribution < -0.4 is 4.72 Å². The third-order valence-corrected chi connectivity index (χ3v) is 7.67. The van der Waals surface area contributed by atoms with Gasteiger partial charge < -0.3 is 4.42 Å². The number of aromatic nitrogens is 1. The van der Waals surface area contributed by atoms with Crippen molar-refractivity contribution in [3.63, 3.8) is 0 Å². The van der Waals surface area contributed by atoms with Gasteiger partial charge in [0.25, 0.3) is 0 Å². The van der Waals surface area contributed by atoms with Crippen LogP contribution in [-0.2, 0) is 16.4 Å². The fraction of sp³-hybridized carbons (Fsp3) is 0.316. The smallest absolute Gasteiger partial charge is 0.250 e. The minimum atomic E-state index is -3.51. The summed E-state index contributed by atoms with van der Waals surface area (Å²) in [6, 6.07) is 13.2. The van der Waals surface area contributed by atoms with Gasteiger partial charge >= 0.3 is 0 Å². The van der Waals surface area contributed by atoms with Gasteiger partial charge in [0.15, 0.2) is 11.7 Å². The molecule has 0 unspecified atom stereocenters. The van der Waals surface area contributed by atoms with E-state index in [1.807, 2.05) is 30.3 Å². The molecular formula is C19H20N2O3S2. The lowest BCUT2D eigenvalue weighted by atomic mass is 9.85. The number of thiophene rings is 1. The summed E-state index contributed by atoms with van der Waals surface area (Å²) in [5.41, 5.74) is 1.10. The van der Waals surface area contributed by atoms with E-state index in [1.54, 1.807) is 18.3 Å². The lowest BCUT2D eigenvalue weighted by Gasteiger charge is -2.21. The lowest BCUT2D eigenvalue weighted by molar-refractivity contribution is 0.338. The second-order valence-electron chi connectivity index (χ2n) is 6.44. The van der Waals surface area contributed by atoms with Gasteiger partial charge in [-0.15, -0.1) is 11.3 Å². The van der Waals surface area contributed by atoms with Crippen LogP contribution in [0, 0.1) is 0 Å². The maximum absolute atomic E-state index is 12.5. The van der Waals surface area contributed by atoms with Crippen LogP contribution in [0.25, 0.3) is 10.6 Å². The highest BCUT2D eigenvalue weighted by Gasteiger charge is 2.25. The normalized spacial score (nSPS) is 15.1. The first-order valence-electron chi connectivity index (χ1n) is 8.71. The largest absolute Gasteiger partial charge is 0.440 e. The molecule has 1 aliphatic carbocycles. The van der Waals surface area contributed by atoms with Gasteiger partial charge in [-0.1, -0.05) is 36.8 Å². The fourth-order valence-electron chi connectivity index (χ4n) is 2.89. The highest BCUT2D eigenvalue weighted by Crippen LogP contribution is 2.38. The molecule has 2 aromatic heterocycles. The molecule has 0 amide bonds. The first kappa shape index (κ1) is 17.5. The summed E-state index contributed by atoms with van der Waals surface area (Å²) < 4.78 is 33.8. The van der Waals surface area contributed by atoms with Gasteiger partial charge in [-0.25, -0.2) is 18.1 Å². The molecule has 0 bridgehead atoms. The third-order valence-electron chi connectivity index (χ3n) is 4.62. The van der Waals surface area contributed by atoms with Gasteiger partial charge in [0.05, 0.1) is 11.1 Å². The summed E-state index contributed by atoms with van der Waals surface area (Å²) in [4.78, 5) is 5.13. The molecule has 1 fully saturated rings. The average Bonchev–Trinajstić information content (AvgIpc) is 3.23. The van der Waals surface area contributed by atoms with Crippen LogP contribution in [0.4, 0.5) is 0 Å². The van der Waals surface area contributed by atoms with E-state index in [0.29, 0.717) is 28.9 Å². The molecule has 7 heteroatoms. The highest BCUT2D eigenvalue weighted by molar-refractivity contribution is 7.91. The Balaban J connectivity index is 1.41. The molecule has 4 rings (SSSR count). The molecule has 1 saturated carbocycles. The maximum Gasteiger partial charge on any atom is 0.250 e. The SMILES string of the molecule is O=S(=O)(NCCc1ccccc1)c1ccc(-c2cnc(C3CCC3)o2)s1. The van der Waals surface area contributed by atoms with E-state index >= 15 is 0 Å². The van der Waals surface area contributed by atoms with E-state index in [-0.39, 0.29) is 0 Å². The van der Waals surface area contributed by atoms with E-state index < -0.39 is 10.0 Å². The number of benzene rings is 1. The van der Waals surface area contributed by atoms with Crippen molar-refractivity contribution in [1.82, 2.24) is 9.71 Å². The first-order valence-corrected chi connectivity index (χ1v) is 11.0. The fourth-order valence-corrected chi connectivity index (χ4v) is 5.22. The zero-order chi connectivity index (χ0) is 18.0. The highest BCUT2D eigenvalue weighted by atomic mass is 32.2. The standard InChI is InChI=1S/C19H20N2O3S2/c22-26(23,21-12-11-14-5-2-1-3-6-14)18-10-9-17(25-18)16-13-20-19(24-16)15-7-4-8-15/h1-3,5-6,9-10,13,15,21H,4,7-8,11-12H2. The molecule has 0 aliphatic heterocycles. The minimum Gasteiger partial charge on any atom is -0.440 e. The van der Waals surface area contributed by atoms with Crippen molar-refractivity contribution in [2.45, 2.75) is 35.8 Å². The van der Waals surface area contributed by atoms with Crippen molar-refractivity contribution < 1.29 is 12.8 Å². The molecule has 26 heavy (non-hydrogen) atoms. The van der Waals surface area contributed by atoms with Crippen LogP contribution in [0.1, 0.15) is 36.6 Å². The van der Waals surface area contributed by atoms with E-state index in [0.717, 1.165) is 29.2 Å². The Kier molecular flexibility index (Phi) is 4.93. The number of sulfonamides is 1. The number of hydrogen-bond donors (Lipinski definition) is 1. The molecule has 3 aromatic rings. The second-order valence-corrected chi connectivity index (χ2v) is 9.52. The van der Waals surface area contributed by atoms with E-state index in [2.05, 4.69) is 9.71 Å². The van der Waals surface area contributed by atoms with Crippen LogP contribution in [0.3, 0.4) is 0 Å². The number of rotatable bonds is 7. The van der Waals surface area contributed by atoms with Gasteiger partial charge in [0.2, 0.25) is 10.0 Å². The zero-order valence-electron chi connectivity index (χ0n) is 14.2. The van der Waals surface area contributed by atoms with Gasteiger partial charge in [-0.3, -0.25) is 0 Å². The van der Waals surface area contributed by atoms with Crippen LogP contribution in [0.2, 0.25) is 0 Å². The summed E-state index contributed by atoms with van der Waals surface area (Å²) in [7, 11) is -3.51. The summed E-state index contributed by atoms with van der Waals surface area (Å²) in [6.07, 6.45) is 5.81. The molecule has 1 aliphatic rings. The predicted octanol–water partition coefficient (Wildman–Crippen LogP) is 4.19. The van der Waals surface area contributed by atoms with Crippen LogP contribution in [-0.4, -0.2) is 19.9 Å². The van der Waals surface area contributed by atoms with E-state index in [9.17, 15) is 8.42 Å². The Morgan fingerprint density at radius 1 is 1.15 bits per heavy atom. The summed E-state index contributed by atoms with van der Waals surface area (Å²) in [5, 5.41) is 0. The van der Waals surface area contributed by atoms with Crippen LogP contribution >= 0.6 is 11.3 Å². The van der Waals surface area contributed by atoms with Gasteiger partial charge in [0, 0.05) is 12.5 Å². The molecule has 136 valence electrons. The summed E-state index contributed by atoms with van der Waals surface area (Å²) >= 11 is 1.21. The van der Waals surface area contributed by atoms with Crippen molar-refractivity contribution in [2.24, 2.45) is 0 Å². The van der Waals surface area contributed by atoms with E-state index in [4.69, 9.17) is 4.42 Å². The number of hydrogen-bond acceptors (Lipinski definition) is 5.